The Morgan fingerprint density at radius 3 is 2.70 bits per heavy atom. The van der Waals surface area contributed by atoms with Crippen LogP contribution >= 0.6 is 0 Å². The first-order valence-electron chi connectivity index (χ1n) is 8.70. The lowest BCUT2D eigenvalue weighted by molar-refractivity contribution is 0.0680. The average Bonchev–Trinajstić information content (AvgIpc) is 3.11. The van der Waals surface area contributed by atoms with Gasteiger partial charge in [0.15, 0.2) is 0 Å². The fourth-order valence-corrected chi connectivity index (χ4v) is 3.40. The summed E-state index contributed by atoms with van der Waals surface area (Å²) in [5, 5.41) is 22.7. The van der Waals surface area contributed by atoms with Crippen molar-refractivity contribution in [2.75, 3.05) is 20.3 Å². The smallest absolute Gasteiger partial charge is 0.254 e. The highest BCUT2D eigenvalue weighted by molar-refractivity contribution is 6.00. The van der Waals surface area contributed by atoms with Crippen LogP contribution in [-0.2, 0) is 4.84 Å². The largest absolute Gasteiger partial charge is 0.399 e. The van der Waals surface area contributed by atoms with E-state index < -0.39 is 0 Å². The van der Waals surface area contributed by atoms with Gasteiger partial charge < -0.3 is 14.8 Å². The Bertz CT molecular complexity index is 913. The maximum Gasteiger partial charge on any atom is 0.254 e. The van der Waals surface area contributed by atoms with Gasteiger partial charge in [0.05, 0.1) is 36.5 Å². The van der Waals surface area contributed by atoms with Crippen LogP contribution in [0.25, 0.3) is 11.1 Å². The Morgan fingerprint density at radius 2 is 2.07 bits per heavy atom. The summed E-state index contributed by atoms with van der Waals surface area (Å²) in [6.07, 6.45) is 0.508. The Balaban J connectivity index is 1.84. The predicted octanol–water partition coefficient (Wildman–Crippen LogP) is 2.74. The Labute approximate surface area is 158 Å². The molecular weight excluding hydrogens is 342 g/mol. The van der Waals surface area contributed by atoms with Crippen molar-refractivity contribution in [2.45, 2.75) is 19.4 Å². The fraction of sp³-hybridized carbons (Fsp3) is 0.286. The van der Waals surface area contributed by atoms with E-state index in [4.69, 9.17) is 4.84 Å². The highest BCUT2D eigenvalue weighted by Gasteiger charge is 2.33. The summed E-state index contributed by atoms with van der Waals surface area (Å²) in [6.45, 7) is 2.15. The Hall–Kier alpha value is -3.17. The first-order chi connectivity index (χ1) is 13.1. The van der Waals surface area contributed by atoms with Crippen molar-refractivity contribution >= 4 is 11.6 Å². The Kier molecular flexibility index (Phi) is 5.53. The van der Waals surface area contributed by atoms with E-state index in [1.54, 1.807) is 23.1 Å². The molecular formula is C21H21N3O3. The maximum atomic E-state index is 12.9. The number of benzene rings is 2. The van der Waals surface area contributed by atoms with Gasteiger partial charge in [0.1, 0.15) is 7.11 Å². The maximum absolute atomic E-state index is 12.9. The first kappa shape index (κ1) is 18.6. The highest BCUT2D eigenvalue weighted by atomic mass is 16.6. The molecule has 0 spiro atoms. The van der Waals surface area contributed by atoms with Crippen LogP contribution in [0.1, 0.15) is 27.9 Å². The van der Waals surface area contributed by atoms with E-state index in [2.05, 4.69) is 11.2 Å². The van der Waals surface area contributed by atoms with Gasteiger partial charge in [0.2, 0.25) is 0 Å². The summed E-state index contributed by atoms with van der Waals surface area (Å²) in [4.78, 5) is 19.3. The number of hydrogen-bond donors (Lipinski definition) is 1. The van der Waals surface area contributed by atoms with E-state index in [9.17, 15) is 15.2 Å². The monoisotopic (exact) mass is 363 g/mol. The number of aliphatic hydroxyl groups excluding tert-OH is 1. The number of carbonyl (C=O) groups excluding carboxylic acids is 1. The van der Waals surface area contributed by atoms with Crippen LogP contribution in [0.15, 0.2) is 47.6 Å². The molecule has 2 aromatic rings. The van der Waals surface area contributed by atoms with Gasteiger partial charge in [-0.2, -0.15) is 5.26 Å². The number of nitrogens with zero attached hydrogens (tertiary/aromatic N) is 3. The van der Waals surface area contributed by atoms with Crippen LogP contribution in [0.4, 0.5) is 0 Å². The first-order valence-corrected chi connectivity index (χ1v) is 8.70. The zero-order chi connectivity index (χ0) is 19.4. The van der Waals surface area contributed by atoms with Crippen molar-refractivity contribution in [1.29, 1.82) is 5.26 Å². The summed E-state index contributed by atoms with van der Waals surface area (Å²) in [7, 11) is 1.47. The average molecular weight is 363 g/mol. The van der Waals surface area contributed by atoms with Crippen LogP contribution in [0.2, 0.25) is 0 Å². The summed E-state index contributed by atoms with van der Waals surface area (Å²) in [6, 6.07) is 14.8. The fourth-order valence-electron chi connectivity index (χ4n) is 3.40. The molecule has 1 saturated heterocycles. The van der Waals surface area contributed by atoms with Gasteiger partial charge in [0.25, 0.3) is 5.91 Å². The van der Waals surface area contributed by atoms with Crippen LogP contribution in [-0.4, -0.2) is 47.9 Å². The van der Waals surface area contributed by atoms with E-state index in [1.165, 1.54) is 7.11 Å². The number of rotatable bonds is 4. The number of oxime groups is 1. The quantitative estimate of drug-likeness (QED) is 0.847. The molecule has 27 heavy (non-hydrogen) atoms. The minimum Gasteiger partial charge on any atom is -0.399 e. The van der Waals surface area contributed by atoms with Gasteiger partial charge in [0, 0.05) is 12.0 Å². The standard InChI is InChI=1S/C21H21N3O3/c1-14-17(11-22)4-3-5-20(14)15-6-8-16(9-7-15)21(26)24-12-18(23-27-2)10-19(24)13-25/h3-9,19,25H,10,12-13H2,1-2H3/b23-18+. The molecule has 2 aromatic carbocycles. The van der Waals surface area contributed by atoms with Gasteiger partial charge >= 0.3 is 0 Å². The molecule has 1 heterocycles. The van der Waals surface area contributed by atoms with Crippen LogP contribution in [0, 0.1) is 18.3 Å². The third-order valence-electron chi connectivity index (χ3n) is 4.85. The number of amides is 1. The molecule has 6 heteroatoms. The predicted molar refractivity (Wildman–Crippen MR) is 102 cm³/mol. The number of nitriles is 1. The van der Waals surface area contributed by atoms with Crippen molar-refractivity contribution in [1.82, 2.24) is 4.90 Å². The molecule has 0 saturated carbocycles. The zero-order valence-electron chi connectivity index (χ0n) is 15.3. The molecule has 0 bridgehead atoms. The third-order valence-corrected chi connectivity index (χ3v) is 4.85. The molecule has 1 amide bonds. The summed E-state index contributed by atoms with van der Waals surface area (Å²) >= 11 is 0. The summed E-state index contributed by atoms with van der Waals surface area (Å²) in [5.74, 6) is -0.149. The van der Waals surface area contributed by atoms with Crippen molar-refractivity contribution in [3.63, 3.8) is 0 Å². The molecule has 1 atom stereocenters. The minimum absolute atomic E-state index is 0.118. The molecule has 1 aliphatic rings. The summed E-state index contributed by atoms with van der Waals surface area (Å²) < 4.78 is 0. The molecule has 3 rings (SSSR count). The van der Waals surface area contributed by atoms with E-state index in [-0.39, 0.29) is 18.6 Å². The topological polar surface area (TPSA) is 85.9 Å². The summed E-state index contributed by atoms with van der Waals surface area (Å²) in [5.41, 5.74) is 4.76. The molecule has 1 aliphatic heterocycles. The normalized spacial score (nSPS) is 17.8. The molecule has 0 aliphatic carbocycles. The lowest BCUT2D eigenvalue weighted by Crippen LogP contribution is -2.37. The van der Waals surface area contributed by atoms with Crippen LogP contribution in [0.3, 0.4) is 0 Å². The Morgan fingerprint density at radius 1 is 1.33 bits per heavy atom. The third kappa shape index (κ3) is 3.69. The molecule has 138 valence electrons. The molecule has 0 aromatic heterocycles. The van der Waals surface area contributed by atoms with E-state index in [0.717, 1.165) is 22.4 Å². The van der Waals surface area contributed by atoms with Crippen molar-refractivity contribution in [2.24, 2.45) is 5.16 Å². The van der Waals surface area contributed by atoms with Gasteiger partial charge in [-0.05, 0) is 41.8 Å². The minimum atomic E-state index is -0.291. The second kappa shape index (κ2) is 8.02. The zero-order valence-corrected chi connectivity index (χ0v) is 15.3. The molecule has 1 N–H and O–H groups in total. The van der Waals surface area contributed by atoms with E-state index in [1.807, 2.05) is 31.2 Å². The molecule has 1 fully saturated rings. The van der Waals surface area contributed by atoms with Gasteiger partial charge in [-0.15, -0.1) is 0 Å². The van der Waals surface area contributed by atoms with Crippen LogP contribution in [0.5, 0.6) is 0 Å². The van der Waals surface area contributed by atoms with E-state index in [0.29, 0.717) is 24.1 Å². The second-order valence-electron chi connectivity index (χ2n) is 6.48. The lowest BCUT2D eigenvalue weighted by atomic mass is 9.96. The second-order valence-corrected chi connectivity index (χ2v) is 6.48. The number of carbonyl (C=O) groups is 1. The van der Waals surface area contributed by atoms with Crippen molar-refractivity contribution in [3.8, 4) is 17.2 Å². The SMILES string of the molecule is CO/N=C1\CC(CO)N(C(=O)c2ccc(-c3cccc(C#N)c3C)cc2)C1. The molecule has 0 radical (unpaired) electrons. The van der Waals surface area contributed by atoms with Gasteiger partial charge in [-0.1, -0.05) is 29.4 Å². The van der Waals surface area contributed by atoms with Crippen molar-refractivity contribution < 1.29 is 14.7 Å². The highest BCUT2D eigenvalue weighted by Crippen LogP contribution is 2.26. The van der Waals surface area contributed by atoms with Crippen molar-refractivity contribution in [3.05, 3.63) is 59.2 Å². The van der Waals surface area contributed by atoms with Crippen LogP contribution < -0.4 is 0 Å². The molecule has 1 unspecified atom stereocenters. The molecule has 6 nitrogen and oxygen atoms in total. The van der Waals surface area contributed by atoms with E-state index >= 15 is 0 Å². The lowest BCUT2D eigenvalue weighted by Gasteiger charge is -2.22. The number of hydrogen-bond acceptors (Lipinski definition) is 5. The van der Waals surface area contributed by atoms with Gasteiger partial charge in [-0.25, -0.2) is 0 Å². The van der Waals surface area contributed by atoms with Gasteiger partial charge in [-0.3, -0.25) is 4.79 Å². The number of likely N-dealkylation sites (tertiary alicyclic amines) is 1. The number of aliphatic hydroxyl groups is 1.